The summed E-state index contributed by atoms with van der Waals surface area (Å²) in [5.41, 5.74) is 3.25. The number of aromatic nitrogens is 3. The van der Waals surface area contributed by atoms with E-state index in [1.807, 2.05) is 0 Å². The van der Waals surface area contributed by atoms with E-state index in [0.29, 0.717) is 5.69 Å². The first kappa shape index (κ1) is 24.1. The fourth-order valence-electron chi connectivity index (χ4n) is 3.81. The number of benzene rings is 1. The Morgan fingerprint density at radius 2 is 1.97 bits per heavy atom. The van der Waals surface area contributed by atoms with Crippen LogP contribution in [-0.2, 0) is 16.1 Å². The summed E-state index contributed by atoms with van der Waals surface area (Å²) in [6.45, 7) is 2.49. The van der Waals surface area contributed by atoms with Crippen LogP contribution in [-0.4, -0.2) is 83.8 Å². The van der Waals surface area contributed by atoms with E-state index in [9.17, 15) is 14.4 Å². The summed E-state index contributed by atoms with van der Waals surface area (Å²) in [5, 5.41) is 16.5. The fraction of sp³-hybridized carbons (Fsp3) is 0.450. The molecule has 4 amide bonds. The van der Waals surface area contributed by atoms with Crippen LogP contribution >= 0.6 is 0 Å². The van der Waals surface area contributed by atoms with E-state index in [4.69, 9.17) is 4.74 Å². The summed E-state index contributed by atoms with van der Waals surface area (Å²) in [4.78, 5) is 38.3. The molecular weight excluding hydrogens is 468 g/mol. The molecule has 2 aromatic rings. The summed E-state index contributed by atoms with van der Waals surface area (Å²) in [6.07, 6.45) is 0.173. The normalized spacial score (nSPS) is 18.3. The first-order chi connectivity index (χ1) is 16.8. The Morgan fingerprint density at radius 1 is 1.20 bits per heavy atom. The van der Waals surface area contributed by atoms with E-state index in [0.717, 1.165) is 17.0 Å². The molecule has 188 valence electrons. The zero-order valence-electron chi connectivity index (χ0n) is 18.9. The molecule has 2 aliphatic heterocycles. The van der Waals surface area contributed by atoms with Gasteiger partial charge < -0.3 is 20.3 Å². The Morgan fingerprint density at radius 3 is 2.66 bits per heavy atom. The van der Waals surface area contributed by atoms with Gasteiger partial charge in [0.1, 0.15) is 17.5 Å². The van der Waals surface area contributed by atoms with Crippen molar-refractivity contribution in [1.82, 2.24) is 36.5 Å². The van der Waals surface area contributed by atoms with Crippen molar-refractivity contribution < 1.29 is 27.9 Å². The number of halogens is 2. The van der Waals surface area contributed by atoms with Gasteiger partial charge in [-0.1, -0.05) is 5.21 Å². The number of rotatable bonds is 6. The minimum Gasteiger partial charge on any atom is -0.442 e. The molecule has 35 heavy (non-hydrogen) atoms. The number of hydrogen-bond donors (Lipinski definition) is 4. The fourth-order valence-corrected chi connectivity index (χ4v) is 3.81. The molecule has 3 heterocycles. The number of hydrogen-bond acceptors (Lipinski definition) is 8. The third-order valence-corrected chi connectivity index (χ3v) is 5.49. The van der Waals surface area contributed by atoms with Gasteiger partial charge in [0.2, 0.25) is 5.91 Å². The number of nitrogens with zero attached hydrogens (tertiary/aromatic N) is 5. The van der Waals surface area contributed by atoms with Crippen LogP contribution in [0.1, 0.15) is 12.6 Å². The van der Waals surface area contributed by atoms with Crippen LogP contribution in [0.3, 0.4) is 0 Å². The lowest BCUT2D eigenvalue weighted by molar-refractivity contribution is -0.119. The number of aromatic amines is 1. The molecule has 2 fully saturated rings. The highest BCUT2D eigenvalue weighted by Crippen LogP contribution is 2.31. The van der Waals surface area contributed by atoms with Crippen LogP contribution in [0, 0.1) is 11.6 Å². The number of cyclic esters (lactones) is 1. The highest BCUT2D eigenvalue weighted by molar-refractivity contribution is 5.90. The maximum Gasteiger partial charge on any atom is 0.414 e. The van der Waals surface area contributed by atoms with Gasteiger partial charge in [-0.3, -0.25) is 19.8 Å². The van der Waals surface area contributed by atoms with Gasteiger partial charge in [0.25, 0.3) is 0 Å². The van der Waals surface area contributed by atoms with Gasteiger partial charge in [-0.05, 0) is 0 Å². The van der Waals surface area contributed by atoms with Crippen LogP contribution < -0.4 is 25.9 Å². The summed E-state index contributed by atoms with van der Waals surface area (Å²) >= 11 is 0. The monoisotopic (exact) mass is 493 g/mol. The molecule has 1 atom stereocenters. The van der Waals surface area contributed by atoms with Crippen LogP contribution in [0.2, 0.25) is 0 Å². The van der Waals surface area contributed by atoms with E-state index in [1.54, 1.807) is 6.20 Å². The second kappa shape index (κ2) is 10.5. The number of H-pyrrole nitrogens is 1. The lowest BCUT2D eigenvalue weighted by Crippen LogP contribution is -2.48. The Bertz CT molecular complexity index is 1060. The number of anilines is 2. The van der Waals surface area contributed by atoms with Gasteiger partial charge in [0, 0.05) is 44.9 Å². The standard InChI is InChI=1S/C20H25F2N9O4/c1-12(32)23-10-15-11-30(20(34)35-15)14-6-16(21)18(17(22)7-14)29-3-2-26-31(5-4-29)19(33)24-8-13-9-25-28-27-13/h6-7,9,15,26H,2-5,8,10-11H2,1H3,(H,23,32)(H,24,33)(H,25,27,28)/t15-/m0/s1. The van der Waals surface area contributed by atoms with E-state index in [-0.39, 0.29) is 63.1 Å². The van der Waals surface area contributed by atoms with Crippen LogP contribution in [0.4, 0.5) is 29.7 Å². The van der Waals surface area contributed by atoms with E-state index in [1.165, 1.54) is 16.8 Å². The van der Waals surface area contributed by atoms with E-state index >= 15 is 8.78 Å². The van der Waals surface area contributed by atoms with Gasteiger partial charge in [0.15, 0.2) is 11.6 Å². The van der Waals surface area contributed by atoms with Gasteiger partial charge in [-0.15, -0.1) is 5.10 Å². The first-order valence-corrected chi connectivity index (χ1v) is 10.9. The third kappa shape index (κ3) is 5.74. The van der Waals surface area contributed by atoms with Crippen molar-refractivity contribution in [3.63, 3.8) is 0 Å². The molecular formula is C20H25F2N9O4. The molecule has 1 aromatic carbocycles. The second-order valence-electron chi connectivity index (χ2n) is 7.98. The predicted molar refractivity (Wildman–Crippen MR) is 118 cm³/mol. The number of carbonyl (C=O) groups is 3. The van der Waals surface area contributed by atoms with E-state index < -0.39 is 29.9 Å². The van der Waals surface area contributed by atoms with Crippen LogP contribution in [0.25, 0.3) is 0 Å². The molecule has 4 N–H and O–H groups in total. The number of ether oxygens (including phenoxy) is 1. The summed E-state index contributed by atoms with van der Waals surface area (Å²) in [6, 6.07) is 1.73. The molecule has 0 radical (unpaired) electrons. The van der Waals surface area contributed by atoms with Crippen molar-refractivity contribution in [3.8, 4) is 0 Å². The van der Waals surface area contributed by atoms with Gasteiger partial charge in [-0.2, -0.15) is 0 Å². The Labute approximate surface area is 198 Å². The van der Waals surface area contributed by atoms with Crippen LogP contribution in [0.5, 0.6) is 0 Å². The van der Waals surface area contributed by atoms with Crippen molar-refractivity contribution in [2.75, 3.05) is 49.1 Å². The topological polar surface area (TPSA) is 148 Å². The zero-order valence-corrected chi connectivity index (χ0v) is 18.9. The van der Waals surface area contributed by atoms with Crippen molar-refractivity contribution in [3.05, 3.63) is 35.7 Å². The predicted octanol–water partition coefficient (Wildman–Crippen LogP) is 0.0806. The van der Waals surface area contributed by atoms with Crippen molar-refractivity contribution in [2.45, 2.75) is 19.6 Å². The SMILES string of the molecule is CC(=O)NC[C@H]1CN(c2cc(F)c(N3CCNN(C(=O)NCc4c[nH]nn4)CC3)c(F)c2)C(=O)O1. The molecule has 2 aliphatic rings. The van der Waals surface area contributed by atoms with Crippen LogP contribution in [0.15, 0.2) is 18.3 Å². The Kier molecular flexibility index (Phi) is 7.24. The quantitative estimate of drug-likeness (QED) is 0.442. The number of nitrogens with one attached hydrogen (secondary N) is 4. The molecule has 2 saturated heterocycles. The minimum absolute atomic E-state index is 0.0147. The number of hydrazine groups is 1. The Hall–Kier alpha value is -4.01. The maximum absolute atomic E-state index is 15.0. The average molecular weight is 493 g/mol. The molecule has 15 heteroatoms. The largest absolute Gasteiger partial charge is 0.442 e. The molecule has 1 aromatic heterocycles. The molecule has 13 nitrogen and oxygen atoms in total. The highest BCUT2D eigenvalue weighted by Gasteiger charge is 2.34. The summed E-state index contributed by atoms with van der Waals surface area (Å²) in [7, 11) is 0. The lowest BCUT2D eigenvalue weighted by Gasteiger charge is -2.25. The average Bonchev–Trinajstić information content (AvgIpc) is 3.39. The molecule has 0 spiro atoms. The molecule has 0 unspecified atom stereocenters. The van der Waals surface area contributed by atoms with Gasteiger partial charge >= 0.3 is 12.1 Å². The summed E-state index contributed by atoms with van der Waals surface area (Å²) in [5.74, 6) is -1.97. The third-order valence-electron chi connectivity index (χ3n) is 5.49. The van der Waals surface area contributed by atoms with Crippen molar-refractivity contribution in [2.24, 2.45) is 0 Å². The van der Waals surface area contributed by atoms with Crippen molar-refractivity contribution >= 4 is 29.4 Å². The number of carbonyl (C=O) groups excluding carboxylic acids is 3. The molecule has 4 rings (SSSR count). The smallest absolute Gasteiger partial charge is 0.414 e. The molecule has 0 aliphatic carbocycles. The highest BCUT2D eigenvalue weighted by atomic mass is 19.1. The number of urea groups is 1. The summed E-state index contributed by atoms with van der Waals surface area (Å²) < 4.78 is 35.2. The first-order valence-electron chi connectivity index (χ1n) is 10.9. The van der Waals surface area contributed by atoms with Crippen molar-refractivity contribution in [1.29, 1.82) is 0 Å². The zero-order chi connectivity index (χ0) is 24.9. The van der Waals surface area contributed by atoms with E-state index in [2.05, 4.69) is 31.5 Å². The molecule has 0 bridgehead atoms. The number of amides is 4. The molecule has 0 saturated carbocycles. The minimum atomic E-state index is -0.845. The second-order valence-corrected chi connectivity index (χ2v) is 7.98. The van der Waals surface area contributed by atoms with Gasteiger partial charge in [0.05, 0.1) is 31.9 Å². The Balaban J connectivity index is 1.39. The maximum atomic E-state index is 15.0. The van der Waals surface area contributed by atoms with Gasteiger partial charge in [-0.25, -0.2) is 23.8 Å². The lowest BCUT2D eigenvalue weighted by atomic mass is 10.2.